The predicted molar refractivity (Wildman–Crippen MR) is 327 cm³/mol. The molecule has 2 saturated heterocycles. The van der Waals surface area contributed by atoms with E-state index in [0.717, 1.165) is 96.9 Å². The third kappa shape index (κ3) is 13.4. The Morgan fingerprint density at radius 1 is 0.768 bits per heavy atom. The van der Waals surface area contributed by atoms with Crippen LogP contribution in [0.4, 0.5) is 0 Å². The Labute approximate surface area is 470 Å². The van der Waals surface area contributed by atoms with E-state index in [-0.39, 0.29) is 39.1 Å². The highest BCUT2D eigenvalue weighted by Crippen LogP contribution is 2.30. The van der Waals surface area contributed by atoms with Crippen LogP contribution in [-0.4, -0.2) is 88.2 Å². The molecule has 69 heavy (non-hydrogen) atoms. The van der Waals surface area contributed by atoms with Crippen molar-refractivity contribution >= 4 is 55.5 Å². The van der Waals surface area contributed by atoms with E-state index in [1.807, 2.05) is 30.3 Å². The number of para-hydroxylation sites is 2. The molecular formula is C58H113N7O4. The van der Waals surface area contributed by atoms with E-state index in [2.05, 4.69) is 135 Å². The number of nitrogens with zero attached hydrogens (tertiary/aromatic N) is 3. The third-order valence-electron chi connectivity index (χ3n) is 13.3. The van der Waals surface area contributed by atoms with Crippen LogP contribution in [-0.2, 0) is 22.4 Å². The largest absolute Gasteiger partial charge is 0.494 e. The Hall–Kier alpha value is -6.56. The highest BCUT2D eigenvalue weighted by molar-refractivity contribution is 5.84. The van der Waals surface area contributed by atoms with Crippen LogP contribution in [0.25, 0.3) is 43.6 Å². The highest BCUT2D eigenvalue weighted by Gasteiger charge is 2.28. The van der Waals surface area contributed by atoms with Gasteiger partial charge in [0.25, 0.3) is 0 Å². The summed E-state index contributed by atoms with van der Waals surface area (Å²) in [6, 6.07) is 41.7. The van der Waals surface area contributed by atoms with Crippen molar-refractivity contribution in [3.8, 4) is 5.75 Å². The normalized spacial score (nSPS) is 18.9. The van der Waals surface area contributed by atoms with Crippen LogP contribution in [0, 0.1) is 12.8 Å². The fraction of sp³-hybridized carbons (Fsp3) is 0.379. The summed E-state index contributed by atoms with van der Waals surface area (Å²) in [6.07, 6.45) is 6.93. The van der Waals surface area contributed by atoms with E-state index in [9.17, 15) is 9.59 Å². The molecule has 0 aliphatic carbocycles. The van der Waals surface area contributed by atoms with Gasteiger partial charge in [0.05, 0.1) is 30.1 Å². The van der Waals surface area contributed by atoms with Gasteiger partial charge in [0.2, 0.25) is 5.91 Å². The average molecular weight is 1010 g/mol. The maximum Gasteiger partial charge on any atom is 0.304 e. The van der Waals surface area contributed by atoms with E-state index in [1.165, 1.54) is 45.5 Å². The average Bonchev–Trinajstić information content (AvgIpc) is 1.69. The Morgan fingerprint density at radius 2 is 1.36 bits per heavy atom. The number of likely N-dealkylation sites (N-methyl/N-ethyl adjacent to an activating group) is 1. The van der Waals surface area contributed by atoms with Gasteiger partial charge in [-0.05, 0) is 121 Å². The zero-order valence-corrected chi connectivity index (χ0v) is 39.4. The summed E-state index contributed by atoms with van der Waals surface area (Å²) in [5.41, 5.74) is 7.80. The van der Waals surface area contributed by atoms with Crippen molar-refractivity contribution in [1.82, 2.24) is 35.5 Å². The molecule has 4 atom stereocenters. The zero-order chi connectivity index (χ0) is 86.7. The number of hydrogen-bond donors (Lipinski definition) is 5. The number of carbonyl (C=O) groups excluding carboxylic acids is 1. The second-order valence-electron chi connectivity index (χ2n) is 18.5. The molecule has 0 saturated carbocycles. The summed E-state index contributed by atoms with van der Waals surface area (Å²) in [7, 11) is 3.49. The number of H-pyrrole nitrogens is 2. The number of carboxylic acid groups (broad SMARTS) is 1. The van der Waals surface area contributed by atoms with Gasteiger partial charge in [-0.2, -0.15) is 0 Å². The van der Waals surface area contributed by atoms with E-state index in [4.69, 9.17) is 74.2 Å². The molecule has 0 unspecified atom stereocenters. The first-order valence-corrected chi connectivity index (χ1v) is 23.9. The fourth-order valence-corrected chi connectivity index (χ4v) is 9.69. The number of aromatic amines is 2. The minimum absolute atomic E-state index is 0. The molecule has 0 spiro atoms. The van der Waals surface area contributed by atoms with Crippen molar-refractivity contribution in [2.75, 3.05) is 40.3 Å². The number of nitrogens with one attached hydrogen (secondary N) is 4. The fourth-order valence-electron chi connectivity index (χ4n) is 9.69. The van der Waals surface area contributed by atoms with Crippen LogP contribution in [0.2, 0.25) is 0 Å². The minimum Gasteiger partial charge on any atom is -0.494 e. The number of likely N-dealkylation sites (tertiary alicyclic amines) is 1. The lowest BCUT2D eigenvalue weighted by Crippen LogP contribution is -2.40. The number of imidazole rings is 2. The molecule has 10 rings (SSSR count). The van der Waals surface area contributed by atoms with Crippen LogP contribution in [0.3, 0.4) is 0 Å². The van der Waals surface area contributed by atoms with E-state index >= 15 is 0 Å². The number of fused-ring (bicyclic) bond motifs is 4. The van der Waals surface area contributed by atoms with Gasteiger partial charge in [-0.3, -0.25) is 9.59 Å². The first-order chi connectivity index (χ1) is 52.6. The van der Waals surface area contributed by atoms with Gasteiger partial charge in [0, 0.05) is 103 Å². The van der Waals surface area contributed by atoms with E-state index in [0.29, 0.717) is 18.3 Å². The number of carbonyl (C=O) groups is 2. The summed E-state index contributed by atoms with van der Waals surface area (Å²) in [5.74, 6) is 3.56. The lowest BCUT2D eigenvalue weighted by Gasteiger charge is -2.32. The standard InChI is InChI=1S/C28H31N3O.C15H17NO2.C13H17N3O.2CH4.20H2/c1-19(15-21-12-13-22-8-3-4-9-23(22)17-21)16-26(32)31-14-6-10-24(18-31)28-29-25-11-5-7-20(2)27(25)30-28;1-16-14(10-15(17)18)9-11-6-7-12-4-2-3-5-13(12)8-11;1-17-11-6-2-5-10-12(11)16-13(15-10)9-4-3-7-14-8-9;;;;;;;;;;;;;;;;;;;;;;/h3-5,7-9,11-13,17,19,24H,6,10,14-16,18H2,1-2H3,(H,29,30);2-8,14,16H,9-10H2,1H3,(H,17,18);2,5-6,9,14H,3-4,7-8H2,1H3,(H,15,16);2*1H4;20*1H/t19-,24-;14-;9-;;;;;;;;;;;;;;;;;;;;;;/m111....................../s1/i;;;;;20*1+1D. The molecule has 0 bridgehead atoms. The quantitative estimate of drug-likeness (QED) is 0.0812. The van der Waals surface area contributed by atoms with Crippen molar-refractivity contribution in [3.05, 3.63) is 150 Å². The Kier molecular flexibility index (Phi) is 11.0. The van der Waals surface area contributed by atoms with Crippen LogP contribution < -0.4 is 15.4 Å². The summed E-state index contributed by atoms with van der Waals surface area (Å²) >= 11 is 0. The SMILES string of the molecule is C.C.CN[C@@H](CC(=O)O)Cc1ccc2ccccc2c1.COc1cccc2[nH]c([C@@H]3CCCNC3)nc12.Cc1cccc2[nH]c([C@@H]3CCCN(C(=O)C[C@H](C)Cc4ccc5ccccc5c4)C3)nc12.[2H][2H].[2H][2H].[2H][2H].[2H][2H].[2H][2H].[2H][2H].[2H][2H].[2H][2H].[2H][2H].[2H][2H].[2H][2H].[2H][2H].[2H][2H].[2H][2H].[2H][2H].[2H][2H].[2H][2H].[2H][2H].[2H][2H].[2H][2H]. The molecule has 11 nitrogen and oxygen atoms in total. The summed E-state index contributed by atoms with van der Waals surface area (Å²) < 4.78 is 205. The molecule has 1 amide bonds. The molecule has 2 aliphatic rings. The number of amides is 1. The van der Waals surface area contributed by atoms with Crippen LogP contribution >= 0.6 is 0 Å². The first-order valence-electron chi connectivity index (χ1n) is 43.9. The van der Waals surface area contributed by atoms with E-state index in [1.54, 1.807) is 14.2 Å². The number of aromatic nitrogens is 4. The van der Waals surface area contributed by atoms with Crippen molar-refractivity contribution < 1.29 is 78.8 Å². The van der Waals surface area contributed by atoms with Crippen LogP contribution in [0.5, 0.6) is 5.75 Å². The molecule has 404 valence electrons. The number of rotatable bonds is 12. The maximum absolute atomic E-state index is 13.1. The molecule has 6 aromatic carbocycles. The van der Waals surface area contributed by atoms with Gasteiger partial charge in [0.1, 0.15) is 22.9 Å². The molecule has 11 heteroatoms. The van der Waals surface area contributed by atoms with Crippen LogP contribution in [0.1, 0.15) is 160 Å². The Morgan fingerprint density at radius 3 is 1.97 bits per heavy atom. The topological polar surface area (TPSA) is 148 Å². The second-order valence-corrected chi connectivity index (χ2v) is 18.5. The Bertz CT molecular complexity index is 3020. The van der Waals surface area contributed by atoms with Gasteiger partial charge < -0.3 is 35.3 Å². The lowest BCUT2D eigenvalue weighted by molar-refractivity contribution is -0.137. The number of aryl methyl sites for hydroxylation is 1. The van der Waals surface area contributed by atoms with Gasteiger partial charge >= 0.3 is 5.97 Å². The second kappa shape index (κ2) is 24.6. The number of hydrogen-bond acceptors (Lipinski definition) is 7. The zero-order valence-electron chi connectivity index (χ0n) is 79.4. The van der Waals surface area contributed by atoms with Crippen molar-refractivity contribution in [3.63, 3.8) is 0 Å². The summed E-state index contributed by atoms with van der Waals surface area (Å²) in [5, 5.41) is 20.2. The van der Waals surface area contributed by atoms with Gasteiger partial charge in [-0.15, -0.1) is 0 Å². The highest BCUT2D eigenvalue weighted by atomic mass is 16.5. The van der Waals surface area contributed by atoms with Crippen molar-refractivity contribution in [1.29, 1.82) is 0 Å². The van der Waals surface area contributed by atoms with Crippen molar-refractivity contribution in [2.24, 2.45) is 5.92 Å². The van der Waals surface area contributed by atoms with Crippen molar-refractivity contribution in [2.45, 2.75) is 97.9 Å². The molecule has 8 aromatic rings. The van der Waals surface area contributed by atoms with Gasteiger partial charge in [-0.25, -0.2) is 9.97 Å². The van der Waals surface area contributed by atoms with Crippen LogP contribution in [0.15, 0.2) is 121 Å². The number of methoxy groups -OCH3 is 1. The van der Waals surface area contributed by atoms with Gasteiger partial charge in [-0.1, -0.05) is 125 Å². The molecular weight excluding hydrogens is 859 g/mol. The minimum atomic E-state index is -0.768. The number of benzene rings is 6. The molecule has 4 heterocycles. The monoisotopic (exact) mass is 1010 g/mol. The number of piperidine rings is 2. The predicted octanol–water partition coefficient (Wildman–Crippen LogP) is 16.7. The maximum atomic E-state index is 13.1. The summed E-state index contributed by atoms with van der Waals surface area (Å²) in [4.78, 5) is 42.4. The number of ether oxygens (including phenoxy) is 1. The number of aliphatic carboxylic acids is 1. The molecule has 0 radical (unpaired) electrons. The smallest absolute Gasteiger partial charge is 0.304 e. The molecule has 2 aromatic heterocycles. The third-order valence-corrected chi connectivity index (χ3v) is 13.3. The molecule has 5 N–H and O–H groups in total. The van der Waals surface area contributed by atoms with E-state index < -0.39 is 5.97 Å². The summed E-state index contributed by atoms with van der Waals surface area (Å²) in [6.45, 7) is 8.05. The Balaban J connectivity index is -0.0000000774. The lowest BCUT2D eigenvalue weighted by atomic mass is 9.94. The number of carboxylic acids is 1. The first kappa shape index (κ1) is 30.8. The molecule has 2 aliphatic heterocycles. The van der Waals surface area contributed by atoms with Gasteiger partial charge in [0.15, 0.2) is 0 Å². The molecule has 2 fully saturated rings.